The number of rotatable bonds is 5. The van der Waals surface area contributed by atoms with E-state index in [4.69, 9.17) is 0 Å². The van der Waals surface area contributed by atoms with Crippen LogP contribution in [-0.2, 0) is 6.54 Å². The summed E-state index contributed by atoms with van der Waals surface area (Å²) in [5.41, 5.74) is 0. The zero-order chi connectivity index (χ0) is 12.1. The number of hydrogen-bond acceptors (Lipinski definition) is 2. The van der Waals surface area contributed by atoms with Gasteiger partial charge in [0.1, 0.15) is 0 Å². The number of nitrogens with one attached hydrogen (secondary N) is 1. The molecule has 3 nitrogen and oxygen atoms in total. The second kappa shape index (κ2) is 5.58. The molecule has 0 saturated heterocycles. The minimum atomic E-state index is -2.44. The van der Waals surface area contributed by atoms with E-state index in [1.165, 1.54) is 0 Å². The number of hydrogen-bond donors (Lipinski definition) is 1. The molecule has 0 spiro atoms. The van der Waals surface area contributed by atoms with Crippen molar-refractivity contribution in [1.29, 1.82) is 0 Å². The molecule has 1 aromatic heterocycles. The topological polar surface area (TPSA) is 29.9 Å². The predicted molar refractivity (Wildman–Crippen MR) is 62.0 cm³/mol. The SMILES string of the molecule is FC1(F)CCCC(CNCCn2cccn2)C1. The van der Waals surface area contributed by atoms with Crippen LogP contribution in [-0.4, -0.2) is 28.8 Å². The van der Waals surface area contributed by atoms with Crippen molar-refractivity contribution in [3.63, 3.8) is 0 Å². The fourth-order valence-electron chi connectivity index (χ4n) is 2.38. The van der Waals surface area contributed by atoms with Gasteiger partial charge in [0, 0.05) is 31.8 Å². The van der Waals surface area contributed by atoms with Gasteiger partial charge in [0.25, 0.3) is 0 Å². The zero-order valence-corrected chi connectivity index (χ0v) is 9.91. The van der Waals surface area contributed by atoms with E-state index >= 15 is 0 Å². The summed E-state index contributed by atoms with van der Waals surface area (Å²) in [7, 11) is 0. The van der Waals surface area contributed by atoms with Crippen LogP contribution < -0.4 is 5.32 Å². The lowest BCUT2D eigenvalue weighted by Crippen LogP contribution is -2.33. The maximum atomic E-state index is 13.1. The molecule has 1 aromatic rings. The highest BCUT2D eigenvalue weighted by molar-refractivity contribution is 4.80. The lowest BCUT2D eigenvalue weighted by Gasteiger charge is -2.28. The van der Waals surface area contributed by atoms with Crippen LogP contribution >= 0.6 is 0 Å². The quantitative estimate of drug-likeness (QED) is 0.804. The lowest BCUT2D eigenvalue weighted by molar-refractivity contribution is -0.0519. The summed E-state index contributed by atoms with van der Waals surface area (Å²) in [6.07, 6.45) is 5.32. The second-order valence-corrected chi connectivity index (χ2v) is 4.79. The van der Waals surface area contributed by atoms with E-state index in [0.717, 1.165) is 19.5 Å². The first-order valence-electron chi connectivity index (χ1n) is 6.22. The van der Waals surface area contributed by atoms with Crippen LogP contribution in [0, 0.1) is 5.92 Å². The van der Waals surface area contributed by atoms with E-state index in [9.17, 15) is 8.78 Å². The third kappa shape index (κ3) is 4.07. The van der Waals surface area contributed by atoms with Gasteiger partial charge in [0.15, 0.2) is 0 Å². The molecule has 0 amide bonds. The Morgan fingerprint density at radius 1 is 1.47 bits per heavy atom. The summed E-state index contributed by atoms with van der Waals surface area (Å²) >= 11 is 0. The molecule has 1 heterocycles. The first-order valence-corrected chi connectivity index (χ1v) is 6.22. The average molecular weight is 243 g/mol. The third-order valence-electron chi connectivity index (χ3n) is 3.25. The van der Waals surface area contributed by atoms with E-state index in [1.54, 1.807) is 6.20 Å². The first-order chi connectivity index (χ1) is 8.16. The molecule has 17 heavy (non-hydrogen) atoms. The first kappa shape index (κ1) is 12.5. The third-order valence-corrected chi connectivity index (χ3v) is 3.25. The van der Waals surface area contributed by atoms with Gasteiger partial charge in [-0.1, -0.05) is 0 Å². The maximum absolute atomic E-state index is 13.1. The Kier molecular flexibility index (Phi) is 4.10. The predicted octanol–water partition coefficient (Wildman–Crippen LogP) is 2.30. The summed E-state index contributed by atoms with van der Waals surface area (Å²) in [6, 6.07) is 1.88. The highest BCUT2D eigenvalue weighted by atomic mass is 19.3. The fourth-order valence-corrected chi connectivity index (χ4v) is 2.38. The molecule has 0 aromatic carbocycles. The highest BCUT2D eigenvalue weighted by Gasteiger charge is 2.35. The number of nitrogens with zero attached hydrogens (tertiary/aromatic N) is 2. The normalized spacial score (nSPS) is 23.8. The molecule has 1 atom stereocenters. The van der Waals surface area contributed by atoms with Crippen LogP contribution in [0.3, 0.4) is 0 Å². The van der Waals surface area contributed by atoms with Crippen molar-refractivity contribution in [2.45, 2.75) is 38.2 Å². The van der Waals surface area contributed by atoms with Gasteiger partial charge in [-0.25, -0.2) is 8.78 Å². The van der Waals surface area contributed by atoms with Crippen LogP contribution in [0.5, 0.6) is 0 Å². The molecule has 0 radical (unpaired) electrons. The summed E-state index contributed by atoms with van der Waals surface area (Å²) in [5, 5.41) is 7.32. The Labute approximate surface area is 100 Å². The minimum absolute atomic E-state index is 0.0434. The minimum Gasteiger partial charge on any atom is -0.315 e. The van der Waals surface area contributed by atoms with E-state index in [1.807, 2.05) is 16.9 Å². The van der Waals surface area contributed by atoms with Gasteiger partial charge < -0.3 is 5.32 Å². The smallest absolute Gasteiger partial charge is 0.248 e. The summed E-state index contributed by atoms with van der Waals surface area (Å²) in [6.45, 7) is 2.26. The van der Waals surface area contributed by atoms with E-state index in [-0.39, 0.29) is 18.8 Å². The zero-order valence-electron chi connectivity index (χ0n) is 9.91. The monoisotopic (exact) mass is 243 g/mol. The van der Waals surface area contributed by atoms with Crippen molar-refractivity contribution in [3.8, 4) is 0 Å². The molecule has 5 heteroatoms. The lowest BCUT2D eigenvalue weighted by atomic mass is 9.86. The number of halogens is 2. The van der Waals surface area contributed by atoms with Gasteiger partial charge in [-0.2, -0.15) is 5.10 Å². The Balaban J connectivity index is 1.62. The Morgan fingerprint density at radius 2 is 2.35 bits per heavy atom. The van der Waals surface area contributed by atoms with Crippen molar-refractivity contribution in [3.05, 3.63) is 18.5 Å². The van der Waals surface area contributed by atoms with Crippen molar-refractivity contribution >= 4 is 0 Å². The van der Waals surface area contributed by atoms with E-state index in [2.05, 4.69) is 10.4 Å². The van der Waals surface area contributed by atoms with Crippen LogP contribution in [0.15, 0.2) is 18.5 Å². The van der Waals surface area contributed by atoms with E-state index in [0.29, 0.717) is 13.0 Å². The molecule has 0 aliphatic heterocycles. The molecular weight excluding hydrogens is 224 g/mol. The summed E-state index contributed by atoms with van der Waals surface area (Å²) in [4.78, 5) is 0. The van der Waals surface area contributed by atoms with Crippen molar-refractivity contribution in [2.75, 3.05) is 13.1 Å². The molecule has 96 valence electrons. The molecule has 1 fully saturated rings. The van der Waals surface area contributed by atoms with Gasteiger partial charge in [-0.05, 0) is 31.4 Å². The van der Waals surface area contributed by atoms with Gasteiger partial charge in [-0.3, -0.25) is 4.68 Å². The largest absolute Gasteiger partial charge is 0.315 e. The van der Waals surface area contributed by atoms with E-state index < -0.39 is 5.92 Å². The van der Waals surface area contributed by atoms with Gasteiger partial charge >= 0.3 is 0 Å². The summed E-state index contributed by atoms with van der Waals surface area (Å²) < 4.78 is 28.1. The molecule has 1 aliphatic carbocycles. The van der Waals surface area contributed by atoms with Crippen LogP contribution in [0.1, 0.15) is 25.7 Å². The van der Waals surface area contributed by atoms with Gasteiger partial charge in [-0.15, -0.1) is 0 Å². The standard InChI is InChI=1S/C12H19F2N3/c13-12(14)4-1-3-11(9-12)10-15-6-8-17-7-2-5-16-17/h2,5,7,11,15H,1,3-4,6,8-10H2. The Hall–Kier alpha value is -0.970. The van der Waals surface area contributed by atoms with Crippen molar-refractivity contribution < 1.29 is 8.78 Å². The molecule has 1 unspecified atom stereocenters. The molecule has 1 N–H and O–H groups in total. The Bertz CT molecular complexity index is 325. The molecule has 1 aliphatic rings. The molecule has 2 rings (SSSR count). The second-order valence-electron chi connectivity index (χ2n) is 4.79. The van der Waals surface area contributed by atoms with Gasteiger partial charge in [0.2, 0.25) is 5.92 Å². The number of alkyl halides is 2. The van der Waals surface area contributed by atoms with Crippen LogP contribution in [0.2, 0.25) is 0 Å². The Morgan fingerprint density at radius 3 is 3.06 bits per heavy atom. The highest BCUT2D eigenvalue weighted by Crippen LogP contribution is 2.36. The van der Waals surface area contributed by atoms with Crippen LogP contribution in [0.25, 0.3) is 0 Å². The average Bonchev–Trinajstić information content (AvgIpc) is 2.76. The van der Waals surface area contributed by atoms with Crippen LogP contribution in [0.4, 0.5) is 8.78 Å². The van der Waals surface area contributed by atoms with Crippen molar-refractivity contribution in [2.24, 2.45) is 5.92 Å². The molecule has 1 saturated carbocycles. The summed E-state index contributed by atoms with van der Waals surface area (Å²) in [5.74, 6) is -2.32. The van der Waals surface area contributed by atoms with Crippen molar-refractivity contribution in [1.82, 2.24) is 15.1 Å². The maximum Gasteiger partial charge on any atom is 0.248 e. The number of aromatic nitrogens is 2. The van der Waals surface area contributed by atoms with Gasteiger partial charge in [0.05, 0.1) is 6.54 Å². The molecule has 0 bridgehead atoms. The fraction of sp³-hybridized carbons (Fsp3) is 0.750. The molecular formula is C12H19F2N3.